The van der Waals surface area contributed by atoms with E-state index in [1.807, 2.05) is 0 Å². The molecule has 0 aromatic carbocycles. The highest BCUT2D eigenvalue weighted by atomic mass is 16.5. The van der Waals surface area contributed by atoms with Crippen molar-refractivity contribution in [3.05, 3.63) is 0 Å². The molecule has 0 aliphatic rings. The minimum Gasteiger partial charge on any atom is -0.394 e. The molecule has 0 fully saturated rings. The smallest absolute Gasteiger partial charge is 0.194 e. The van der Waals surface area contributed by atoms with Gasteiger partial charge in [-0.15, -0.1) is 0 Å². The molecule has 3 atom stereocenters. The van der Waals surface area contributed by atoms with E-state index >= 15 is 0 Å². The van der Waals surface area contributed by atoms with Crippen molar-refractivity contribution in [3.63, 3.8) is 0 Å². The topological polar surface area (TPSA) is 118 Å². The van der Waals surface area contributed by atoms with Gasteiger partial charge in [0.25, 0.3) is 0 Å². The maximum absolute atomic E-state index is 10.7. The average Bonchev–Trinajstić information content (AvgIpc) is 2.12. The van der Waals surface area contributed by atoms with Crippen LogP contribution in [-0.2, 0) is 4.79 Å². The Hall–Kier alpha value is -0.530. The van der Waals surface area contributed by atoms with Crippen molar-refractivity contribution < 1.29 is 30.3 Å². The lowest BCUT2D eigenvalue weighted by Gasteiger charge is -2.16. The lowest BCUT2D eigenvalue weighted by Crippen LogP contribution is -2.43. The van der Waals surface area contributed by atoms with Crippen molar-refractivity contribution in [2.45, 2.75) is 18.3 Å². The summed E-state index contributed by atoms with van der Waals surface area (Å²) in [7, 11) is 0. The molecule has 6 nitrogen and oxygen atoms in total. The van der Waals surface area contributed by atoms with Crippen molar-refractivity contribution in [1.29, 1.82) is 0 Å². The summed E-state index contributed by atoms with van der Waals surface area (Å²) in [6.45, 7) is -1.61. The predicted octanol–water partition coefficient (Wildman–Crippen LogP) is -3.38. The predicted molar refractivity (Wildman–Crippen MR) is 37.2 cm³/mol. The second kappa shape index (κ2) is 5.18. The summed E-state index contributed by atoms with van der Waals surface area (Å²) in [5, 5.41) is 42.9. The van der Waals surface area contributed by atoms with Crippen LogP contribution in [0.25, 0.3) is 0 Å². The Morgan fingerprint density at radius 3 is 2.17 bits per heavy atom. The van der Waals surface area contributed by atoms with Crippen LogP contribution in [0.2, 0.25) is 0 Å². The first-order chi connectivity index (χ1) is 5.54. The van der Waals surface area contributed by atoms with Gasteiger partial charge in [0.05, 0.1) is 13.2 Å². The molecule has 0 aromatic rings. The molecule has 0 aliphatic carbocycles. The molecule has 0 saturated carbocycles. The van der Waals surface area contributed by atoms with Crippen LogP contribution in [0.15, 0.2) is 0 Å². The number of carbonyl (C=O) groups is 1. The molecule has 0 unspecified atom stereocenters. The van der Waals surface area contributed by atoms with E-state index in [0.29, 0.717) is 0 Å². The normalized spacial score (nSPS) is 18.4. The lowest BCUT2D eigenvalue weighted by molar-refractivity contribution is -0.144. The van der Waals surface area contributed by atoms with Gasteiger partial charge in [-0.25, -0.2) is 0 Å². The molecular formula is C6H12O6. The van der Waals surface area contributed by atoms with Crippen LogP contribution in [0.1, 0.15) is 0 Å². The Labute approximate surface area is 68.7 Å². The Morgan fingerprint density at radius 2 is 1.83 bits per heavy atom. The number of rotatable bonds is 5. The number of carbonyl (C=O) groups excluding carboxylic acids is 1. The highest BCUT2D eigenvalue weighted by Crippen LogP contribution is 1.98. The molecule has 0 heterocycles. The van der Waals surface area contributed by atoms with Gasteiger partial charge in [0.1, 0.15) is 18.3 Å². The van der Waals surface area contributed by atoms with Crippen LogP contribution in [0.4, 0.5) is 0 Å². The molecule has 6 heteroatoms. The van der Waals surface area contributed by atoms with Crippen molar-refractivity contribution in [2.24, 2.45) is 0 Å². The summed E-state index contributed by atoms with van der Waals surface area (Å²) in [5.41, 5.74) is 0. The Morgan fingerprint density at radius 1 is 1.33 bits per heavy atom. The van der Waals surface area contributed by atoms with Gasteiger partial charge in [-0.05, 0) is 0 Å². The molecule has 12 heavy (non-hydrogen) atoms. The highest BCUT2D eigenvalue weighted by molar-refractivity contribution is 5.87. The average molecular weight is 182 g/mol. The minimum atomic E-state index is -1.86. The molecule has 72 valence electrons. The molecule has 0 aliphatic heterocycles. The third kappa shape index (κ3) is 2.84. The van der Waals surface area contributed by atoms with Crippen LogP contribution in [0.3, 0.4) is 0 Å². The number of ketones is 1. The van der Waals surface area contributed by atoms with Crippen LogP contribution < -0.4 is 0 Å². The summed E-state index contributed by atoms with van der Waals surface area (Å²) in [4.78, 5) is 10.7. The molecule has 0 rings (SSSR count). The third-order valence-electron chi connectivity index (χ3n) is 1.34. The monoisotopic (exact) mass is 182 g/mol. The largest absolute Gasteiger partial charge is 0.394 e. The zero-order valence-electron chi connectivity index (χ0n) is 6.29. The minimum absolute atomic E-state index is 0.787. The first-order valence-electron chi connectivity index (χ1n) is 3.34. The second-order valence-electron chi connectivity index (χ2n) is 2.30. The van der Waals surface area contributed by atoms with Crippen molar-refractivity contribution in [3.8, 4) is 0 Å². The highest BCUT2D eigenvalue weighted by Gasteiger charge is 2.28. The summed E-state index contributed by atoms with van der Waals surface area (Å²) in [5.74, 6) is -1.11. The maximum Gasteiger partial charge on any atom is 0.194 e. The second-order valence-corrected chi connectivity index (χ2v) is 2.30. The fraction of sp³-hybridized carbons (Fsp3) is 0.833. The molecule has 5 N–H and O–H groups in total. The van der Waals surface area contributed by atoms with E-state index in [2.05, 4.69) is 0 Å². The van der Waals surface area contributed by atoms with E-state index in [-0.39, 0.29) is 0 Å². The Kier molecular flexibility index (Phi) is 4.95. The number of hydrogen-bond acceptors (Lipinski definition) is 6. The zero-order chi connectivity index (χ0) is 9.72. The zero-order valence-corrected chi connectivity index (χ0v) is 6.29. The molecule has 0 amide bonds. The summed E-state index contributed by atoms with van der Waals surface area (Å²) < 4.78 is 0. The molecule has 0 spiro atoms. The summed E-state index contributed by atoms with van der Waals surface area (Å²) in [6.07, 6.45) is -5.21. The molecule has 0 saturated heterocycles. The maximum atomic E-state index is 10.7. The fourth-order valence-electron chi connectivity index (χ4n) is 0.577. The summed E-state index contributed by atoms with van der Waals surface area (Å²) in [6, 6.07) is 0. The first-order valence-corrected chi connectivity index (χ1v) is 3.34. The van der Waals surface area contributed by atoms with Crippen LogP contribution in [0.5, 0.6) is 0 Å². The summed E-state index contributed by atoms with van der Waals surface area (Å²) >= 11 is 0. The van der Waals surface area contributed by atoms with Gasteiger partial charge < -0.3 is 25.5 Å². The van der Waals surface area contributed by atoms with Gasteiger partial charge >= 0.3 is 0 Å². The van der Waals surface area contributed by atoms with Crippen LogP contribution in [0, 0.1) is 0 Å². The molecule has 0 radical (unpaired) electrons. The molecule has 0 bridgehead atoms. The number of Topliss-reactive ketones (excluding diaryl/α,β-unsaturated/α-hetero) is 1. The quantitative estimate of drug-likeness (QED) is 0.303. The van der Waals surface area contributed by atoms with Gasteiger partial charge in [-0.1, -0.05) is 0 Å². The third-order valence-corrected chi connectivity index (χ3v) is 1.34. The van der Waals surface area contributed by atoms with E-state index in [1.54, 1.807) is 0 Å². The fourth-order valence-corrected chi connectivity index (χ4v) is 0.577. The van der Waals surface area contributed by atoms with Gasteiger partial charge in [-0.2, -0.15) is 0 Å². The number of aliphatic hydroxyl groups excluding tert-OH is 5. The Bertz CT molecular complexity index is 147. The van der Waals surface area contributed by atoms with Gasteiger partial charge in [-0.3, -0.25) is 4.79 Å². The van der Waals surface area contributed by atoms with Crippen molar-refractivity contribution in [2.75, 3.05) is 13.2 Å². The van der Waals surface area contributed by atoms with E-state index in [4.69, 9.17) is 25.5 Å². The van der Waals surface area contributed by atoms with Gasteiger partial charge in [0, 0.05) is 0 Å². The molecular weight excluding hydrogens is 170 g/mol. The van der Waals surface area contributed by atoms with E-state index in [0.717, 1.165) is 0 Å². The van der Waals surface area contributed by atoms with Gasteiger partial charge in [0.2, 0.25) is 0 Å². The van der Waals surface area contributed by atoms with Crippen LogP contribution in [-0.4, -0.2) is 62.8 Å². The van der Waals surface area contributed by atoms with Gasteiger partial charge in [0.15, 0.2) is 5.78 Å². The lowest BCUT2D eigenvalue weighted by atomic mass is 10.2. The SMILES string of the molecule is O=C([C@H](O)[C@H](O)CO)[14C@@H](O)CO. The Balaban J connectivity index is 4.09. The molecule has 0 aromatic heterocycles. The van der Waals surface area contributed by atoms with Crippen molar-refractivity contribution >= 4 is 5.78 Å². The van der Waals surface area contributed by atoms with E-state index in [9.17, 15) is 4.79 Å². The van der Waals surface area contributed by atoms with E-state index < -0.39 is 37.3 Å². The number of hydrogen-bond donors (Lipinski definition) is 5. The van der Waals surface area contributed by atoms with Crippen LogP contribution >= 0.6 is 0 Å². The van der Waals surface area contributed by atoms with E-state index in [1.165, 1.54) is 0 Å². The standard InChI is InChI=1S/C6H12O6/c7-1-3(9)5(11)6(12)4(10)2-8/h3-5,7-11H,1-2H2/t3-,4+,5-/m1/s1/i4+2. The number of aliphatic hydroxyl groups is 5. The van der Waals surface area contributed by atoms with Crippen molar-refractivity contribution in [1.82, 2.24) is 0 Å². The first kappa shape index (κ1) is 11.5.